The molecule has 0 aliphatic carbocycles. The first-order valence-corrected chi connectivity index (χ1v) is 7.10. The van der Waals surface area contributed by atoms with Gasteiger partial charge in [0.15, 0.2) is 0 Å². The van der Waals surface area contributed by atoms with E-state index in [0.29, 0.717) is 12.0 Å². The minimum atomic E-state index is 0.323. The van der Waals surface area contributed by atoms with Crippen molar-refractivity contribution in [1.82, 2.24) is 15.3 Å². The first-order chi connectivity index (χ1) is 9.72. The largest absolute Gasteiger partial charge is 0.352 e. The molecule has 2 heterocycles. The molecule has 2 N–H and O–H groups in total. The molecule has 3 rings (SSSR count). The van der Waals surface area contributed by atoms with Crippen molar-refractivity contribution in [2.75, 3.05) is 18.4 Å². The number of fused-ring (bicyclic) bond motifs is 1. The number of rotatable bonds is 3. The van der Waals surface area contributed by atoms with E-state index in [4.69, 9.17) is 0 Å². The molecule has 0 spiro atoms. The van der Waals surface area contributed by atoms with Crippen LogP contribution in [0, 0.1) is 13.8 Å². The van der Waals surface area contributed by atoms with Gasteiger partial charge >= 0.3 is 0 Å². The van der Waals surface area contributed by atoms with Gasteiger partial charge in [0.1, 0.15) is 0 Å². The van der Waals surface area contributed by atoms with Gasteiger partial charge in [-0.2, -0.15) is 0 Å². The van der Waals surface area contributed by atoms with Gasteiger partial charge in [0.05, 0.1) is 0 Å². The molecule has 1 aromatic carbocycles. The third-order valence-electron chi connectivity index (χ3n) is 3.66. The Morgan fingerprint density at radius 1 is 1.20 bits per heavy atom. The minimum absolute atomic E-state index is 0.323. The predicted molar refractivity (Wildman–Crippen MR) is 80.9 cm³/mol. The Bertz CT molecular complexity index is 589. The van der Waals surface area contributed by atoms with Gasteiger partial charge in [-0.1, -0.05) is 24.3 Å². The highest BCUT2D eigenvalue weighted by atomic mass is 15.1. The molecule has 0 saturated carbocycles. The van der Waals surface area contributed by atoms with Crippen LogP contribution in [-0.4, -0.2) is 23.1 Å². The first kappa shape index (κ1) is 13.1. The van der Waals surface area contributed by atoms with E-state index in [9.17, 15) is 0 Å². The van der Waals surface area contributed by atoms with Crippen LogP contribution >= 0.6 is 0 Å². The van der Waals surface area contributed by atoms with Gasteiger partial charge in [0.25, 0.3) is 0 Å². The van der Waals surface area contributed by atoms with Crippen LogP contribution in [0.25, 0.3) is 0 Å². The third kappa shape index (κ3) is 2.80. The zero-order valence-electron chi connectivity index (χ0n) is 12.0. The van der Waals surface area contributed by atoms with Crippen molar-refractivity contribution in [2.45, 2.75) is 26.3 Å². The Morgan fingerprint density at radius 3 is 2.75 bits per heavy atom. The van der Waals surface area contributed by atoms with Gasteiger partial charge in [0.2, 0.25) is 5.95 Å². The van der Waals surface area contributed by atoms with Crippen LogP contribution in [0.2, 0.25) is 0 Å². The molecule has 0 bridgehead atoms. The second-order valence-corrected chi connectivity index (χ2v) is 5.31. The quantitative estimate of drug-likeness (QED) is 0.897. The lowest BCUT2D eigenvalue weighted by molar-refractivity contribution is 0.522. The van der Waals surface area contributed by atoms with Gasteiger partial charge in [-0.15, -0.1) is 0 Å². The molecule has 0 radical (unpaired) electrons. The molecule has 20 heavy (non-hydrogen) atoms. The number of aromatic nitrogens is 2. The average molecular weight is 268 g/mol. The zero-order valence-corrected chi connectivity index (χ0v) is 12.0. The Balaban J connectivity index is 1.73. The number of aryl methyl sites for hydroxylation is 2. The second-order valence-electron chi connectivity index (χ2n) is 5.31. The predicted octanol–water partition coefficient (Wildman–Crippen LogP) is 2.39. The van der Waals surface area contributed by atoms with Gasteiger partial charge in [-0.25, -0.2) is 9.97 Å². The van der Waals surface area contributed by atoms with Gasteiger partial charge in [0, 0.05) is 24.0 Å². The highest BCUT2D eigenvalue weighted by molar-refractivity contribution is 5.35. The lowest BCUT2D eigenvalue weighted by Gasteiger charge is -2.27. The molecule has 0 fully saturated rings. The molecular formula is C16H20N4. The summed E-state index contributed by atoms with van der Waals surface area (Å²) in [5.41, 5.74) is 4.82. The molecule has 0 amide bonds. The highest BCUT2D eigenvalue weighted by Gasteiger charge is 2.18. The monoisotopic (exact) mass is 268 g/mol. The number of hydrogen-bond acceptors (Lipinski definition) is 4. The topological polar surface area (TPSA) is 49.8 Å². The van der Waals surface area contributed by atoms with Crippen molar-refractivity contribution in [3.05, 3.63) is 52.8 Å². The highest BCUT2D eigenvalue weighted by Crippen LogP contribution is 2.22. The molecule has 1 aliphatic rings. The molecule has 1 aromatic heterocycles. The molecule has 0 saturated heterocycles. The summed E-state index contributed by atoms with van der Waals surface area (Å²) in [5.74, 6) is 0.715. The molecule has 1 aliphatic heterocycles. The van der Waals surface area contributed by atoms with E-state index >= 15 is 0 Å². The smallest absolute Gasteiger partial charge is 0.223 e. The minimum Gasteiger partial charge on any atom is -0.352 e. The van der Waals surface area contributed by atoms with Crippen molar-refractivity contribution in [1.29, 1.82) is 0 Å². The summed E-state index contributed by atoms with van der Waals surface area (Å²) >= 11 is 0. The lowest BCUT2D eigenvalue weighted by atomic mass is 9.94. The molecule has 104 valence electrons. The summed E-state index contributed by atoms with van der Waals surface area (Å²) < 4.78 is 0. The summed E-state index contributed by atoms with van der Waals surface area (Å²) in [7, 11) is 0. The summed E-state index contributed by atoms with van der Waals surface area (Å²) in [4.78, 5) is 8.85. The number of nitrogens with one attached hydrogen (secondary N) is 2. The molecule has 4 nitrogen and oxygen atoms in total. The summed E-state index contributed by atoms with van der Waals surface area (Å²) in [6.45, 7) is 5.82. The number of benzene rings is 1. The summed E-state index contributed by atoms with van der Waals surface area (Å²) in [6.07, 6.45) is 1.10. The van der Waals surface area contributed by atoms with E-state index in [1.54, 1.807) is 0 Å². The third-order valence-corrected chi connectivity index (χ3v) is 3.66. The Labute approximate surface area is 119 Å². The maximum absolute atomic E-state index is 4.42. The molecule has 2 aromatic rings. The molecular weight excluding hydrogens is 248 g/mol. The normalized spacial score (nSPS) is 17.6. The van der Waals surface area contributed by atoms with Crippen molar-refractivity contribution in [2.24, 2.45) is 0 Å². The maximum atomic E-state index is 4.42. The zero-order chi connectivity index (χ0) is 13.9. The van der Waals surface area contributed by atoms with Gasteiger partial charge in [-0.3, -0.25) is 0 Å². The Hall–Kier alpha value is -1.94. The van der Waals surface area contributed by atoms with Crippen LogP contribution in [-0.2, 0) is 6.42 Å². The molecule has 4 heteroatoms. The van der Waals surface area contributed by atoms with Crippen LogP contribution in [0.5, 0.6) is 0 Å². The molecule has 1 unspecified atom stereocenters. The van der Waals surface area contributed by atoms with Crippen LogP contribution in [0.15, 0.2) is 30.3 Å². The lowest BCUT2D eigenvalue weighted by Crippen LogP contribution is -2.34. The Kier molecular flexibility index (Phi) is 3.65. The van der Waals surface area contributed by atoms with Crippen LogP contribution in [0.1, 0.15) is 28.6 Å². The van der Waals surface area contributed by atoms with E-state index < -0.39 is 0 Å². The SMILES string of the molecule is Cc1cc(C)nc(NCC2NCCc3ccccc32)n1. The average Bonchev–Trinajstić information content (AvgIpc) is 2.44. The number of nitrogens with zero attached hydrogens (tertiary/aromatic N) is 2. The van der Waals surface area contributed by atoms with Crippen molar-refractivity contribution in [3.8, 4) is 0 Å². The van der Waals surface area contributed by atoms with E-state index in [-0.39, 0.29) is 0 Å². The number of hydrogen-bond donors (Lipinski definition) is 2. The first-order valence-electron chi connectivity index (χ1n) is 7.10. The standard InChI is InChI=1S/C16H20N4/c1-11-9-12(2)20-16(19-11)18-10-15-14-6-4-3-5-13(14)7-8-17-15/h3-6,9,15,17H,7-8,10H2,1-2H3,(H,18,19,20). The van der Waals surface area contributed by atoms with Crippen molar-refractivity contribution < 1.29 is 0 Å². The summed E-state index contributed by atoms with van der Waals surface area (Å²) in [5, 5.41) is 6.91. The van der Waals surface area contributed by atoms with Crippen LogP contribution in [0.4, 0.5) is 5.95 Å². The Morgan fingerprint density at radius 2 is 1.95 bits per heavy atom. The van der Waals surface area contributed by atoms with E-state index in [2.05, 4.69) is 44.9 Å². The van der Waals surface area contributed by atoms with Crippen molar-refractivity contribution in [3.63, 3.8) is 0 Å². The summed E-state index contributed by atoms with van der Waals surface area (Å²) in [6, 6.07) is 10.9. The van der Waals surface area contributed by atoms with Crippen molar-refractivity contribution >= 4 is 5.95 Å². The van der Waals surface area contributed by atoms with Crippen LogP contribution < -0.4 is 10.6 Å². The van der Waals surface area contributed by atoms with Crippen LogP contribution in [0.3, 0.4) is 0 Å². The van der Waals surface area contributed by atoms with Gasteiger partial charge in [-0.05, 0) is 44.0 Å². The maximum Gasteiger partial charge on any atom is 0.223 e. The van der Waals surface area contributed by atoms with E-state index in [1.807, 2.05) is 19.9 Å². The fourth-order valence-electron chi connectivity index (χ4n) is 2.77. The van der Waals surface area contributed by atoms with E-state index in [0.717, 1.165) is 30.9 Å². The van der Waals surface area contributed by atoms with Gasteiger partial charge < -0.3 is 10.6 Å². The number of anilines is 1. The second kappa shape index (κ2) is 5.59. The fraction of sp³-hybridized carbons (Fsp3) is 0.375. The van der Waals surface area contributed by atoms with E-state index in [1.165, 1.54) is 11.1 Å². The molecule has 1 atom stereocenters. The fourth-order valence-corrected chi connectivity index (χ4v) is 2.77.